The van der Waals surface area contributed by atoms with Crippen LogP contribution in [0.2, 0.25) is 0 Å². The number of hydrogen-bond donors (Lipinski definition) is 0. The van der Waals surface area contributed by atoms with Gasteiger partial charge in [-0.15, -0.1) is 0 Å². The van der Waals surface area contributed by atoms with Gasteiger partial charge in [0.2, 0.25) is 0 Å². The van der Waals surface area contributed by atoms with Crippen LogP contribution in [0.1, 0.15) is 0 Å². The van der Waals surface area contributed by atoms with Crippen LogP contribution >= 0.6 is 0 Å². The van der Waals surface area contributed by atoms with Gasteiger partial charge in [0.05, 0.1) is 21.3 Å². The van der Waals surface area contributed by atoms with Crippen LogP contribution in [0.25, 0.3) is 0 Å². The van der Waals surface area contributed by atoms with Gasteiger partial charge in [0.1, 0.15) is 34.5 Å². The largest absolute Gasteiger partial charge is 0.690 e. The SMILES string of the molecule is COc1ccc(OB2OB(Oc3ccc(OC)cc3)OB(Oc3ccc(OC)cc3)O2)cc1. The second-order valence-corrected chi connectivity index (χ2v) is 6.65. The molecule has 0 amide bonds. The molecule has 0 atom stereocenters. The summed E-state index contributed by atoms with van der Waals surface area (Å²) in [7, 11) is 1.25. The van der Waals surface area contributed by atoms with Crippen LogP contribution in [0.3, 0.4) is 0 Å². The lowest BCUT2D eigenvalue weighted by atomic mass is 9.96. The highest BCUT2D eigenvalue weighted by Crippen LogP contribution is 2.24. The van der Waals surface area contributed by atoms with Crippen molar-refractivity contribution in [2.24, 2.45) is 0 Å². The lowest BCUT2D eigenvalue weighted by Crippen LogP contribution is -2.56. The van der Waals surface area contributed by atoms with Crippen LogP contribution in [0.5, 0.6) is 34.5 Å². The monoisotopic (exact) mass is 450 g/mol. The highest BCUT2D eigenvalue weighted by atomic mass is 16.9. The zero-order valence-corrected chi connectivity index (χ0v) is 18.3. The summed E-state index contributed by atoms with van der Waals surface area (Å²) in [4.78, 5) is 0. The van der Waals surface area contributed by atoms with E-state index in [2.05, 4.69) is 0 Å². The number of benzene rings is 3. The highest BCUT2D eigenvalue weighted by Gasteiger charge is 2.50. The standard InChI is InChI=1S/C21H21B3O9/c1-25-16-4-10-19(11-5-16)28-22-31-23(29-20-12-6-17(26-2)7-13-20)33-24(32-22)30-21-14-8-18(27-3)9-15-21/h4-15H,1-3H3. The molecule has 0 aromatic heterocycles. The van der Waals surface area contributed by atoms with Gasteiger partial charge >= 0.3 is 22.0 Å². The maximum Gasteiger partial charge on any atom is 0.690 e. The van der Waals surface area contributed by atoms with Gasteiger partial charge in [-0.05, 0) is 72.8 Å². The molecule has 0 N–H and O–H groups in total. The van der Waals surface area contributed by atoms with Crippen LogP contribution in [-0.4, -0.2) is 43.3 Å². The normalized spacial score (nSPS) is 13.4. The number of ether oxygens (including phenoxy) is 3. The van der Waals surface area contributed by atoms with Gasteiger partial charge < -0.3 is 41.9 Å². The van der Waals surface area contributed by atoms with Crippen molar-refractivity contribution in [1.29, 1.82) is 0 Å². The second kappa shape index (κ2) is 10.9. The van der Waals surface area contributed by atoms with Crippen molar-refractivity contribution in [3.63, 3.8) is 0 Å². The Morgan fingerprint density at radius 2 is 0.606 bits per heavy atom. The van der Waals surface area contributed by atoms with Crippen molar-refractivity contribution in [3.8, 4) is 34.5 Å². The zero-order chi connectivity index (χ0) is 23.0. The van der Waals surface area contributed by atoms with Gasteiger partial charge in [0.15, 0.2) is 0 Å². The summed E-state index contributed by atoms with van der Waals surface area (Å²) in [5.74, 6) is 3.56. The van der Waals surface area contributed by atoms with E-state index >= 15 is 0 Å². The van der Waals surface area contributed by atoms with Crippen molar-refractivity contribution in [2.75, 3.05) is 21.3 Å². The molecule has 9 nitrogen and oxygen atoms in total. The quantitative estimate of drug-likeness (QED) is 0.457. The Balaban J connectivity index is 1.46. The maximum atomic E-state index is 5.78. The average molecular weight is 450 g/mol. The molecular weight excluding hydrogens is 429 g/mol. The van der Waals surface area contributed by atoms with Gasteiger partial charge in [-0.1, -0.05) is 0 Å². The lowest BCUT2D eigenvalue weighted by molar-refractivity contribution is 0.145. The van der Waals surface area contributed by atoms with Crippen molar-refractivity contribution >= 4 is 22.0 Å². The Morgan fingerprint density at radius 1 is 0.394 bits per heavy atom. The van der Waals surface area contributed by atoms with Crippen molar-refractivity contribution in [3.05, 3.63) is 72.8 Å². The van der Waals surface area contributed by atoms with E-state index in [-0.39, 0.29) is 0 Å². The first-order valence-corrected chi connectivity index (χ1v) is 10.0. The molecule has 0 saturated carbocycles. The maximum absolute atomic E-state index is 5.78. The predicted molar refractivity (Wildman–Crippen MR) is 121 cm³/mol. The summed E-state index contributed by atoms with van der Waals surface area (Å²) in [6.07, 6.45) is 0. The molecule has 1 aliphatic rings. The Labute approximate surface area is 192 Å². The topological polar surface area (TPSA) is 83.1 Å². The minimum absolute atomic E-state index is 0.495. The Morgan fingerprint density at radius 3 is 0.818 bits per heavy atom. The average Bonchev–Trinajstić information content (AvgIpc) is 2.85. The Kier molecular flexibility index (Phi) is 7.51. The first kappa shape index (κ1) is 22.7. The molecule has 33 heavy (non-hydrogen) atoms. The van der Waals surface area contributed by atoms with Crippen molar-refractivity contribution in [1.82, 2.24) is 0 Å². The third kappa shape index (κ3) is 6.29. The summed E-state index contributed by atoms with van der Waals surface area (Å²) < 4.78 is 49.8. The summed E-state index contributed by atoms with van der Waals surface area (Å²) in [6.45, 7) is 0. The van der Waals surface area contributed by atoms with E-state index < -0.39 is 22.0 Å². The molecule has 1 fully saturated rings. The van der Waals surface area contributed by atoms with E-state index in [0.717, 1.165) is 0 Å². The molecule has 0 bridgehead atoms. The molecule has 0 aliphatic carbocycles. The van der Waals surface area contributed by atoms with Gasteiger partial charge in [-0.2, -0.15) is 0 Å². The molecule has 12 heteroatoms. The van der Waals surface area contributed by atoms with Gasteiger partial charge in [-0.25, -0.2) is 0 Å². The fourth-order valence-corrected chi connectivity index (χ4v) is 2.83. The Bertz CT molecular complexity index is 865. The van der Waals surface area contributed by atoms with Crippen LogP contribution < -0.4 is 28.2 Å². The number of rotatable bonds is 9. The van der Waals surface area contributed by atoms with Gasteiger partial charge in [0.25, 0.3) is 0 Å². The molecular formula is C21H21B3O9. The van der Waals surface area contributed by atoms with Crippen LogP contribution in [0.15, 0.2) is 72.8 Å². The molecule has 0 unspecified atom stereocenters. The van der Waals surface area contributed by atoms with E-state index in [1.54, 1.807) is 94.1 Å². The van der Waals surface area contributed by atoms with Crippen molar-refractivity contribution < 1.29 is 41.9 Å². The fourth-order valence-electron chi connectivity index (χ4n) is 2.83. The molecule has 168 valence electrons. The molecule has 1 saturated heterocycles. The molecule has 4 rings (SSSR count). The zero-order valence-electron chi connectivity index (χ0n) is 18.3. The predicted octanol–water partition coefficient (Wildman–Crippen LogP) is 3.27. The summed E-state index contributed by atoms with van der Waals surface area (Å²) in [6, 6.07) is 20.9. The molecule has 0 radical (unpaired) electrons. The third-order valence-electron chi connectivity index (χ3n) is 4.54. The first-order chi connectivity index (χ1) is 16.1. The van der Waals surface area contributed by atoms with E-state index in [4.69, 9.17) is 41.9 Å². The van der Waals surface area contributed by atoms with Crippen LogP contribution in [0.4, 0.5) is 0 Å². The molecule has 1 heterocycles. The molecule has 1 aliphatic heterocycles. The number of methoxy groups -OCH3 is 3. The first-order valence-electron chi connectivity index (χ1n) is 10.0. The number of hydrogen-bond acceptors (Lipinski definition) is 9. The minimum Gasteiger partial charge on any atom is -0.513 e. The fraction of sp³-hybridized carbons (Fsp3) is 0.143. The third-order valence-corrected chi connectivity index (χ3v) is 4.54. The minimum atomic E-state index is -1.17. The lowest BCUT2D eigenvalue weighted by Gasteiger charge is -2.28. The smallest absolute Gasteiger partial charge is 0.513 e. The van der Waals surface area contributed by atoms with Gasteiger partial charge in [0, 0.05) is 0 Å². The van der Waals surface area contributed by atoms with E-state index in [1.165, 1.54) is 0 Å². The van der Waals surface area contributed by atoms with E-state index in [9.17, 15) is 0 Å². The summed E-state index contributed by atoms with van der Waals surface area (Å²) in [5.41, 5.74) is 0. The van der Waals surface area contributed by atoms with Crippen molar-refractivity contribution in [2.45, 2.75) is 0 Å². The van der Waals surface area contributed by atoms with Crippen LogP contribution in [-0.2, 0) is 13.7 Å². The second-order valence-electron chi connectivity index (χ2n) is 6.65. The summed E-state index contributed by atoms with van der Waals surface area (Å²) in [5, 5.41) is 0. The Hall–Kier alpha value is -3.47. The van der Waals surface area contributed by atoms with E-state index in [1.807, 2.05) is 0 Å². The summed E-state index contributed by atoms with van der Waals surface area (Å²) >= 11 is 0. The highest BCUT2D eigenvalue weighted by molar-refractivity contribution is 6.67. The molecule has 3 aromatic carbocycles. The van der Waals surface area contributed by atoms with E-state index in [0.29, 0.717) is 34.5 Å². The van der Waals surface area contributed by atoms with Gasteiger partial charge in [-0.3, -0.25) is 0 Å². The molecule has 3 aromatic rings. The van der Waals surface area contributed by atoms with Crippen LogP contribution in [0, 0.1) is 0 Å². The molecule has 0 spiro atoms.